The van der Waals surface area contributed by atoms with Gasteiger partial charge in [0.15, 0.2) is 0 Å². The average molecular weight is 244 g/mol. The van der Waals surface area contributed by atoms with Crippen molar-refractivity contribution in [2.75, 3.05) is 0 Å². The highest BCUT2D eigenvalue weighted by molar-refractivity contribution is 9.10. The number of nitriles is 1. The number of phenols is 1. The van der Waals surface area contributed by atoms with E-state index in [1.54, 1.807) is 13.0 Å². The first-order valence-corrected chi connectivity index (χ1v) is 4.40. The summed E-state index contributed by atoms with van der Waals surface area (Å²) in [5.74, 6) is -0.702. The van der Waals surface area contributed by atoms with Crippen molar-refractivity contribution in [2.45, 2.75) is 13.3 Å². The van der Waals surface area contributed by atoms with Crippen LogP contribution >= 0.6 is 15.9 Å². The summed E-state index contributed by atoms with van der Waals surface area (Å²) >= 11 is 3.07. The van der Waals surface area contributed by atoms with E-state index < -0.39 is 5.82 Å². The van der Waals surface area contributed by atoms with E-state index in [2.05, 4.69) is 15.9 Å². The Labute approximate surface area is 83.7 Å². The third kappa shape index (κ3) is 1.81. The van der Waals surface area contributed by atoms with Gasteiger partial charge in [-0.2, -0.15) is 5.26 Å². The molecule has 0 saturated heterocycles. The highest BCUT2D eigenvalue weighted by atomic mass is 79.9. The van der Waals surface area contributed by atoms with E-state index in [1.807, 2.05) is 0 Å². The molecule has 1 N–H and O–H groups in total. The number of rotatable bonds is 1. The fourth-order valence-electron chi connectivity index (χ4n) is 1.05. The SMILES string of the molecule is Cc1cc(Br)c(O)c(CC#N)c1F. The molecule has 0 bridgehead atoms. The summed E-state index contributed by atoms with van der Waals surface area (Å²) in [6.45, 7) is 1.58. The summed E-state index contributed by atoms with van der Waals surface area (Å²) in [4.78, 5) is 0. The van der Waals surface area contributed by atoms with E-state index in [4.69, 9.17) is 5.26 Å². The molecule has 13 heavy (non-hydrogen) atoms. The Bertz CT molecular complexity index is 358. The second-order valence-electron chi connectivity index (χ2n) is 2.65. The summed E-state index contributed by atoms with van der Waals surface area (Å²) in [5.41, 5.74) is 0.462. The third-order valence-corrected chi connectivity index (χ3v) is 2.33. The Morgan fingerprint density at radius 2 is 2.31 bits per heavy atom. The lowest BCUT2D eigenvalue weighted by Gasteiger charge is -2.06. The van der Waals surface area contributed by atoms with Crippen LogP contribution in [0.5, 0.6) is 5.75 Å². The number of halogens is 2. The van der Waals surface area contributed by atoms with E-state index in [0.717, 1.165) is 0 Å². The smallest absolute Gasteiger partial charge is 0.136 e. The van der Waals surface area contributed by atoms with Gasteiger partial charge in [-0.1, -0.05) is 0 Å². The van der Waals surface area contributed by atoms with Gasteiger partial charge in [-0.15, -0.1) is 0 Å². The van der Waals surface area contributed by atoms with Gasteiger partial charge >= 0.3 is 0 Å². The molecule has 68 valence electrons. The topological polar surface area (TPSA) is 44.0 Å². The van der Waals surface area contributed by atoms with Crippen LogP contribution in [0.25, 0.3) is 0 Å². The van der Waals surface area contributed by atoms with Gasteiger partial charge in [0.05, 0.1) is 17.0 Å². The molecule has 1 rings (SSSR count). The molecule has 0 aliphatic heterocycles. The lowest BCUT2D eigenvalue weighted by atomic mass is 10.1. The van der Waals surface area contributed by atoms with Crippen LogP contribution in [0.15, 0.2) is 10.5 Å². The average Bonchev–Trinajstić information content (AvgIpc) is 2.09. The van der Waals surface area contributed by atoms with Crippen molar-refractivity contribution in [2.24, 2.45) is 0 Å². The molecule has 0 saturated carbocycles. The van der Waals surface area contributed by atoms with Gasteiger partial charge in [0.2, 0.25) is 0 Å². The summed E-state index contributed by atoms with van der Waals surface area (Å²) in [6, 6.07) is 3.28. The zero-order valence-electron chi connectivity index (χ0n) is 6.93. The first-order chi connectivity index (χ1) is 6.07. The quantitative estimate of drug-likeness (QED) is 0.825. The number of hydrogen-bond acceptors (Lipinski definition) is 2. The lowest BCUT2D eigenvalue weighted by Crippen LogP contribution is -1.94. The normalized spacial score (nSPS) is 9.69. The number of benzene rings is 1. The van der Waals surface area contributed by atoms with Crippen molar-refractivity contribution in [3.8, 4) is 11.8 Å². The number of aryl methyl sites for hydroxylation is 1. The molecule has 0 heterocycles. The maximum atomic E-state index is 13.3. The van der Waals surface area contributed by atoms with Crippen LogP contribution in [0, 0.1) is 24.1 Å². The second-order valence-corrected chi connectivity index (χ2v) is 3.51. The van der Waals surface area contributed by atoms with E-state index in [9.17, 15) is 9.50 Å². The monoisotopic (exact) mass is 243 g/mol. The van der Waals surface area contributed by atoms with Crippen LogP contribution in [-0.4, -0.2) is 5.11 Å². The summed E-state index contributed by atoms with van der Waals surface area (Å²) in [6.07, 6.45) is -0.127. The fourth-order valence-corrected chi connectivity index (χ4v) is 1.63. The Morgan fingerprint density at radius 1 is 1.69 bits per heavy atom. The zero-order chi connectivity index (χ0) is 10.0. The minimum absolute atomic E-state index is 0.0503. The number of nitrogens with zero attached hydrogens (tertiary/aromatic N) is 1. The number of aromatic hydroxyl groups is 1. The second kappa shape index (κ2) is 3.75. The highest BCUT2D eigenvalue weighted by Gasteiger charge is 2.13. The molecule has 0 amide bonds. The van der Waals surface area contributed by atoms with Crippen molar-refractivity contribution in [1.82, 2.24) is 0 Å². The molecule has 0 fully saturated rings. The largest absolute Gasteiger partial charge is 0.506 e. The Hall–Kier alpha value is -1.08. The van der Waals surface area contributed by atoms with E-state index in [-0.39, 0.29) is 17.7 Å². The molecular weight excluding hydrogens is 237 g/mol. The Morgan fingerprint density at radius 3 is 2.85 bits per heavy atom. The van der Waals surface area contributed by atoms with Gasteiger partial charge in [-0.3, -0.25) is 0 Å². The van der Waals surface area contributed by atoms with Gasteiger partial charge in [0.1, 0.15) is 11.6 Å². The van der Waals surface area contributed by atoms with Crippen LogP contribution in [0.4, 0.5) is 4.39 Å². The van der Waals surface area contributed by atoms with Gasteiger partial charge in [-0.05, 0) is 34.5 Å². The van der Waals surface area contributed by atoms with Gasteiger partial charge in [0.25, 0.3) is 0 Å². The standard InChI is InChI=1S/C9H7BrFNO/c1-5-4-7(10)9(13)6(2-3-12)8(5)11/h4,13H,2H2,1H3. The van der Waals surface area contributed by atoms with Crippen LogP contribution in [-0.2, 0) is 6.42 Å². The first kappa shape index (κ1) is 10.0. The molecule has 1 aromatic carbocycles. The minimum atomic E-state index is -0.512. The van der Waals surface area contributed by atoms with Crippen LogP contribution in [0.2, 0.25) is 0 Å². The number of hydrogen-bond donors (Lipinski definition) is 1. The van der Waals surface area contributed by atoms with Crippen LogP contribution in [0.3, 0.4) is 0 Å². The van der Waals surface area contributed by atoms with Crippen LogP contribution in [0.1, 0.15) is 11.1 Å². The van der Waals surface area contributed by atoms with E-state index >= 15 is 0 Å². The molecule has 0 aliphatic carbocycles. The lowest BCUT2D eigenvalue weighted by molar-refractivity contribution is 0.456. The fraction of sp³-hybridized carbons (Fsp3) is 0.222. The summed E-state index contributed by atoms with van der Waals surface area (Å²) in [5, 5.41) is 17.8. The molecule has 4 heteroatoms. The zero-order valence-corrected chi connectivity index (χ0v) is 8.52. The van der Waals surface area contributed by atoms with Crippen molar-refractivity contribution >= 4 is 15.9 Å². The summed E-state index contributed by atoms with van der Waals surface area (Å²) in [7, 11) is 0. The van der Waals surface area contributed by atoms with Gasteiger partial charge < -0.3 is 5.11 Å². The predicted octanol–water partition coefficient (Wildman–Crippen LogP) is 2.67. The molecule has 0 radical (unpaired) electrons. The molecule has 1 aromatic rings. The predicted molar refractivity (Wildman–Crippen MR) is 49.8 cm³/mol. The Kier molecular flexibility index (Phi) is 2.89. The summed E-state index contributed by atoms with van der Waals surface area (Å²) < 4.78 is 13.7. The molecule has 0 unspecified atom stereocenters. The molecular formula is C9H7BrFNO. The van der Waals surface area contributed by atoms with Crippen molar-refractivity contribution in [3.63, 3.8) is 0 Å². The molecule has 0 atom stereocenters. The molecule has 2 nitrogen and oxygen atoms in total. The van der Waals surface area contributed by atoms with Gasteiger partial charge in [0, 0.05) is 5.56 Å². The molecule has 0 aliphatic rings. The van der Waals surface area contributed by atoms with Crippen molar-refractivity contribution in [1.29, 1.82) is 5.26 Å². The van der Waals surface area contributed by atoms with Crippen molar-refractivity contribution < 1.29 is 9.50 Å². The van der Waals surface area contributed by atoms with E-state index in [1.165, 1.54) is 6.07 Å². The third-order valence-electron chi connectivity index (χ3n) is 1.72. The number of phenolic OH excluding ortho intramolecular Hbond substituents is 1. The molecule has 0 aromatic heterocycles. The van der Waals surface area contributed by atoms with Crippen LogP contribution < -0.4 is 0 Å². The Balaban J connectivity index is 3.39. The first-order valence-electron chi connectivity index (χ1n) is 3.61. The van der Waals surface area contributed by atoms with Crippen molar-refractivity contribution in [3.05, 3.63) is 27.5 Å². The maximum Gasteiger partial charge on any atom is 0.136 e. The van der Waals surface area contributed by atoms with E-state index in [0.29, 0.717) is 10.0 Å². The maximum absolute atomic E-state index is 13.3. The molecule has 0 spiro atoms. The minimum Gasteiger partial charge on any atom is -0.506 e. The van der Waals surface area contributed by atoms with Gasteiger partial charge in [-0.25, -0.2) is 4.39 Å². The highest BCUT2D eigenvalue weighted by Crippen LogP contribution is 2.32.